The molecule has 1 N–H and O–H groups in total. The van der Waals surface area contributed by atoms with E-state index in [1.165, 1.54) is 0 Å². The molecule has 2 heterocycles. The number of nitrogens with zero attached hydrogens (tertiary/aromatic N) is 3. The van der Waals surface area contributed by atoms with Crippen molar-refractivity contribution in [3.63, 3.8) is 0 Å². The van der Waals surface area contributed by atoms with Gasteiger partial charge >= 0.3 is 5.97 Å². The van der Waals surface area contributed by atoms with Crippen molar-refractivity contribution >= 4 is 57.1 Å². The van der Waals surface area contributed by atoms with Gasteiger partial charge in [-0.3, -0.25) is 4.98 Å². The molecule has 0 spiro atoms. The second-order valence-corrected chi connectivity index (χ2v) is 8.35. The fourth-order valence-electron chi connectivity index (χ4n) is 3.67. The van der Waals surface area contributed by atoms with E-state index in [1.54, 1.807) is 31.3 Å². The zero-order chi connectivity index (χ0) is 22.0. The normalized spacial score (nSPS) is 14.6. The van der Waals surface area contributed by atoms with Gasteiger partial charge in [0.15, 0.2) is 0 Å². The highest BCUT2D eigenvalue weighted by Crippen LogP contribution is 2.35. The molecule has 6 nitrogen and oxygen atoms in total. The van der Waals surface area contributed by atoms with Gasteiger partial charge in [0.25, 0.3) is 0 Å². The minimum atomic E-state index is -0.436. The van der Waals surface area contributed by atoms with E-state index in [-0.39, 0.29) is 6.61 Å². The van der Waals surface area contributed by atoms with Crippen molar-refractivity contribution < 1.29 is 9.53 Å². The van der Waals surface area contributed by atoms with Crippen LogP contribution in [0.2, 0.25) is 10.0 Å². The Bertz CT molecular complexity index is 1110. The summed E-state index contributed by atoms with van der Waals surface area (Å²) in [4.78, 5) is 21.8. The third-order valence-electron chi connectivity index (χ3n) is 5.41. The number of nitrogens with one attached hydrogen (secondary N) is 1. The van der Waals surface area contributed by atoms with Crippen LogP contribution in [0.15, 0.2) is 42.6 Å². The second-order valence-electron chi connectivity index (χ2n) is 7.51. The minimum absolute atomic E-state index is 0.277. The Morgan fingerprint density at radius 3 is 2.61 bits per heavy atom. The maximum Gasteiger partial charge on any atom is 0.341 e. The predicted octanol–water partition coefficient (Wildman–Crippen LogP) is 5.21. The molecular formula is C23H24Cl2N4O2. The first-order valence-electron chi connectivity index (χ1n) is 10.2. The first-order valence-corrected chi connectivity index (χ1v) is 11.0. The van der Waals surface area contributed by atoms with Crippen molar-refractivity contribution in [2.24, 2.45) is 0 Å². The number of fused-ring (bicyclic) bond motifs is 1. The van der Waals surface area contributed by atoms with E-state index in [2.05, 4.69) is 39.3 Å². The van der Waals surface area contributed by atoms with Crippen LogP contribution in [0.4, 0.5) is 17.1 Å². The number of carbonyl (C=O) groups excluding carboxylic acids is 1. The first kappa shape index (κ1) is 21.7. The molecular weight excluding hydrogens is 435 g/mol. The Morgan fingerprint density at radius 1 is 1.13 bits per heavy atom. The van der Waals surface area contributed by atoms with E-state index in [9.17, 15) is 4.79 Å². The maximum atomic E-state index is 12.7. The number of pyridine rings is 1. The summed E-state index contributed by atoms with van der Waals surface area (Å²) in [6.45, 7) is 5.95. The summed E-state index contributed by atoms with van der Waals surface area (Å²) in [5.74, 6) is -0.436. The van der Waals surface area contributed by atoms with Gasteiger partial charge in [-0.25, -0.2) is 4.79 Å². The molecule has 3 aromatic rings. The lowest BCUT2D eigenvalue weighted by atomic mass is 10.1. The number of hydrogen-bond acceptors (Lipinski definition) is 6. The van der Waals surface area contributed by atoms with Crippen molar-refractivity contribution in [3.8, 4) is 0 Å². The van der Waals surface area contributed by atoms with Crippen LogP contribution in [0.25, 0.3) is 10.9 Å². The van der Waals surface area contributed by atoms with Gasteiger partial charge < -0.3 is 19.9 Å². The molecule has 8 heteroatoms. The van der Waals surface area contributed by atoms with Gasteiger partial charge in [-0.15, -0.1) is 0 Å². The van der Waals surface area contributed by atoms with E-state index in [0.29, 0.717) is 27.0 Å². The van der Waals surface area contributed by atoms with Crippen molar-refractivity contribution in [2.45, 2.75) is 6.92 Å². The van der Waals surface area contributed by atoms with Crippen LogP contribution in [0, 0.1) is 0 Å². The number of ether oxygens (including phenoxy) is 1. The number of benzene rings is 2. The Kier molecular flexibility index (Phi) is 6.51. The molecule has 1 aliphatic heterocycles. The highest BCUT2D eigenvalue weighted by atomic mass is 35.5. The molecule has 162 valence electrons. The summed E-state index contributed by atoms with van der Waals surface area (Å²) in [5.41, 5.74) is 3.49. The van der Waals surface area contributed by atoms with Crippen molar-refractivity contribution in [2.75, 3.05) is 50.1 Å². The molecule has 1 aliphatic rings. The molecule has 2 aromatic carbocycles. The van der Waals surface area contributed by atoms with E-state index in [1.807, 2.05) is 6.07 Å². The first-order chi connectivity index (χ1) is 15.0. The van der Waals surface area contributed by atoms with Gasteiger partial charge in [0.05, 0.1) is 28.5 Å². The van der Waals surface area contributed by atoms with E-state index in [4.69, 9.17) is 27.9 Å². The topological polar surface area (TPSA) is 57.7 Å². The van der Waals surface area contributed by atoms with Crippen molar-refractivity contribution in [1.82, 2.24) is 9.88 Å². The molecule has 4 rings (SSSR count). The van der Waals surface area contributed by atoms with Crippen LogP contribution in [0.3, 0.4) is 0 Å². The van der Waals surface area contributed by atoms with Crippen molar-refractivity contribution in [1.29, 1.82) is 0 Å². The maximum absolute atomic E-state index is 12.7. The largest absolute Gasteiger partial charge is 0.462 e. The summed E-state index contributed by atoms with van der Waals surface area (Å²) in [5, 5.41) is 5.16. The number of piperazine rings is 1. The molecule has 0 atom stereocenters. The number of likely N-dealkylation sites (N-methyl/N-ethyl adjacent to an activating group) is 1. The summed E-state index contributed by atoms with van der Waals surface area (Å²) in [6.07, 6.45) is 1.54. The molecule has 1 aromatic heterocycles. The Labute approximate surface area is 191 Å². The lowest BCUT2D eigenvalue weighted by Crippen LogP contribution is -2.44. The molecule has 0 bridgehead atoms. The fraction of sp³-hybridized carbons (Fsp3) is 0.304. The Hall–Kier alpha value is -2.54. The quantitative estimate of drug-likeness (QED) is 0.529. The third-order valence-corrected chi connectivity index (χ3v) is 5.95. The van der Waals surface area contributed by atoms with Gasteiger partial charge in [-0.1, -0.05) is 23.2 Å². The Balaban J connectivity index is 1.82. The number of carbonyl (C=O) groups is 1. The van der Waals surface area contributed by atoms with Gasteiger partial charge in [0.2, 0.25) is 0 Å². The monoisotopic (exact) mass is 458 g/mol. The number of esters is 1. The Morgan fingerprint density at radius 2 is 1.90 bits per heavy atom. The highest BCUT2D eigenvalue weighted by Gasteiger charge is 2.20. The number of halogens is 2. The zero-order valence-corrected chi connectivity index (χ0v) is 19.0. The molecule has 0 saturated carbocycles. The summed E-state index contributed by atoms with van der Waals surface area (Å²) >= 11 is 12.4. The summed E-state index contributed by atoms with van der Waals surface area (Å²) in [7, 11) is 2.13. The van der Waals surface area contributed by atoms with Gasteiger partial charge in [0.1, 0.15) is 5.56 Å². The summed E-state index contributed by atoms with van der Waals surface area (Å²) in [6, 6.07) is 11.3. The lowest BCUT2D eigenvalue weighted by Gasteiger charge is -2.34. The summed E-state index contributed by atoms with van der Waals surface area (Å²) < 4.78 is 5.27. The number of hydrogen-bond donors (Lipinski definition) is 1. The van der Waals surface area contributed by atoms with E-state index >= 15 is 0 Å². The van der Waals surface area contributed by atoms with Crippen LogP contribution < -0.4 is 10.2 Å². The van der Waals surface area contributed by atoms with Gasteiger partial charge in [-0.05, 0) is 50.4 Å². The third kappa shape index (κ3) is 4.71. The molecule has 31 heavy (non-hydrogen) atoms. The van der Waals surface area contributed by atoms with Crippen LogP contribution in [0.5, 0.6) is 0 Å². The molecule has 0 radical (unpaired) electrons. The SMILES string of the molecule is CCOC(=O)c1cnc2ccc(N3CCN(C)CC3)cc2c1Nc1ccc(Cl)cc1Cl. The van der Waals surface area contributed by atoms with E-state index in [0.717, 1.165) is 42.8 Å². The van der Waals surface area contributed by atoms with Crippen LogP contribution in [0.1, 0.15) is 17.3 Å². The zero-order valence-electron chi connectivity index (χ0n) is 17.5. The van der Waals surface area contributed by atoms with Gasteiger partial charge in [0, 0.05) is 48.5 Å². The molecule has 0 aliphatic carbocycles. The average Bonchev–Trinajstić information content (AvgIpc) is 2.76. The van der Waals surface area contributed by atoms with Crippen LogP contribution in [-0.2, 0) is 4.74 Å². The van der Waals surface area contributed by atoms with E-state index < -0.39 is 5.97 Å². The molecule has 0 unspecified atom stereocenters. The standard InChI is InChI=1S/C23H24Cl2N4O2/c1-3-31-23(30)18-14-26-20-7-5-16(29-10-8-28(2)9-11-29)13-17(20)22(18)27-21-6-4-15(24)12-19(21)25/h4-7,12-14H,3,8-11H2,1-2H3,(H,26,27). The van der Waals surface area contributed by atoms with Crippen LogP contribution in [-0.4, -0.2) is 55.7 Å². The molecule has 1 saturated heterocycles. The second kappa shape index (κ2) is 9.30. The number of rotatable bonds is 5. The molecule has 0 amide bonds. The van der Waals surface area contributed by atoms with Crippen LogP contribution >= 0.6 is 23.2 Å². The number of anilines is 3. The smallest absolute Gasteiger partial charge is 0.341 e. The van der Waals surface area contributed by atoms with Crippen molar-refractivity contribution in [3.05, 3.63) is 58.2 Å². The molecule has 1 fully saturated rings. The lowest BCUT2D eigenvalue weighted by molar-refractivity contribution is 0.0527. The predicted molar refractivity (Wildman–Crippen MR) is 127 cm³/mol. The average molecular weight is 459 g/mol. The fourth-order valence-corrected chi connectivity index (χ4v) is 4.12. The number of aromatic nitrogens is 1. The highest BCUT2D eigenvalue weighted by molar-refractivity contribution is 6.36. The van der Waals surface area contributed by atoms with Gasteiger partial charge in [-0.2, -0.15) is 0 Å². The minimum Gasteiger partial charge on any atom is -0.462 e.